The maximum absolute atomic E-state index is 12.4. The molecule has 0 spiro atoms. The summed E-state index contributed by atoms with van der Waals surface area (Å²) in [5.74, 6) is 0.898. The van der Waals surface area contributed by atoms with Gasteiger partial charge in [0.05, 0.1) is 18.3 Å². The molecule has 1 heterocycles. The summed E-state index contributed by atoms with van der Waals surface area (Å²) in [5.41, 5.74) is 0. The van der Waals surface area contributed by atoms with Crippen molar-refractivity contribution < 1.29 is 9.53 Å². The van der Waals surface area contributed by atoms with Gasteiger partial charge < -0.3 is 9.64 Å². The second-order valence-electron chi connectivity index (χ2n) is 6.00. The first-order valence-corrected chi connectivity index (χ1v) is 7.17. The fourth-order valence-corrected chi connectivity index (χ4v) is 3.03. The van der Waals surface area contributed by atoms with Crippen LogP contribution in [0.4, 0.5) is 0 Å². The summed E-state index contributed by atoms with van der Waals surface area (Å²) < 4.78 is 5.32. The van der Waals surface area contributed by atoms with Crippen LogP contribution in [0.25, 0.3) is 0 Å². The number of carbonyl (C=O) groups excluding carboxylic acids is 1. The van der Waals surface area contributed by atoms with Crippen molar-refractivity contribution >= 4 is 5.91 Å². The molecule has 2 rings (SSSR count). The van der Waals surface area contributed by atoms with Gasteiger partial charge in [-0.15, -0.1) is 0 Å². The highest BCUT2D eigenvalue weighted by Gasteiger charge is 2.46. The van der Waals surface area contributed by atoms with Gasteiger partial charge in [0.1, 0.15) is 0 Å². The van der Waals surface area contributed by atoms with E-state index in [1.165, 1.54) is 0 Å². The molecule has 0 aromatic rings. The first-order chi connectivity index (χ1) is 8.56. The van der Waals surface area contributed by atoms with E-state index in [4.69, 9.17) is 4.74 Å². The van der Waals surface area contributed by atoms with Crippen LogP contribution in [-0.2, 0) is 9.53 Å². The summed E-state index contributed by atoms with van der Waals surface area (Å²) >= 11 is 0. The molecule has 1 saturated carbocycles. The molecule has 0 aromatic carbocycles. The van der Waals surface area contributed by atoms with Gasteiger partial charge in [0.2, 0.25) is 5.91 Å². The SMILES string of the molecule is CCC1NC(CC(C)C)N(C2CC(OC)C2)C1=O. The van der Waals surface area contributed by atoms with E-state index in [2.05, 4.69) is 31.0 Å². The quantitative estimate of drug-likeness (QED) is 0.812. The Hall–Kier alpha value is -0.610. The molecule has 4 heteroatoms. The largest absolute Gasteiger partial charge is 0.381 e. The minimum atomic E-state index is 0.0235. The third-order valence-electron chi connectivity index (χ3n) is 4.18. The van der Waals surface area contributed by atoms with Crippen LogP contribution < -0.4 is 5.32 Å². The summed E-state index contributed by atoms with van der Waals surface area (Å²) in [4.78, 5) is 14.5. The third kappa shape index (κ3) is 2.54. The Kier molecular flexibility index (Phi) is 4.28. The van der Waals surface area contributed by atoms with Gasteiger partial charge in [-0.3, -0.25) is 10.1 Å². The Morgan fingerprint density at radius 3 is 2.61 bits per heavy atom. The van der Waals surface area contributed by atoms with Crippen LogP contribution in [0.1, 0.15) is 46.5 Å². The lowest BCUT2D eigenvalue weighted by Crippen LogP contribution is -2.53. The van der Waals surface area contributed by atoms with E-state index in [9.17, 15) is 4.79 Å². The second kappa shape index (κ2) is 5.57. The first-order valence-electron chi connectivity index (χ1n) is 7.17. The predicted octanol–water partition coefficient (Wildman–Crippen LogP) is 1.75. The van der Waals surface area contributed by atoms with Gasteiger partial charge in [0.15, 0.2) is 0 Å². The number of carbonyl (C=O) groups is 1. The highest BCUT2D eigenvalue weighted by atomic mass is 16.5. The van der Waals surface area contributed by atoms with Gasteiger partial charge in [-0.2, -0.15) is 0 Å². The molecule has 2 unspecified atom stereocenters. The zero-order valence-corrected chi connectivity index (χ0v) is 12.0. The van der Waals surface area contributed by atoms with Gasteiger partial charge in [0, 0.05) is 13.2 Å². The van der Waals surface area contributed by atoms with Crippen molar-refractivity contribution in [2.45, 2.75) is 70.8 Å². The Morgan fingerprint density at radius 1 is 1.44 bits per heavy atom. The molecule has 0 bridgehead atoms. The predicted molar refractivity (Wildman–Crippen MR) is 71.1 cm³/mol. The number of amides is 1. The van der Waals surface area contributed by atoms with Crippen molar-refractivity contribution in [1.82, 2.24) is 10.2 Å². The van der Waals surface area contributed by atoms with E-state index in [1.807, 2.05) is 0 Å². The minimum Gasteiger partial charge on any atom is -0.381 e. The second-order valence-corrected chi connectivity index (χ2v) is 6.00. The zero-order valence-electron chi connectivity index (χ0n) is 12.0. The fraction of sp³-hybridized carbons (Fsp3) is 0.929. The van der Waals surface area contributed by atoms with E-state index in [-0.39, 0.29) is 12.2 Å². The van der Waals surface area contributed by atoms with Gasteiger partial charge in [0.25, 0.3) is 0 Å². The molecule has 2 aliphatic rings. The molecule has 1 saturated heterocycles. The molecule has 2 atom stereocenters. The molecule has 1 N–H and O–H groups in total. The third-order valence-corrected chi connectivity index (χ3v) is 4.18. The minimum absolute atomic E-state index is 0.0235. The maximum Gasteiger partial charge on any atom is 0.241 e. The number of methoxy groups -OCH3 is 1. The number of hydrogen-bond donors (Lipinski definition) is 1. The normalized spacial score (nSPS) is 36.3. The average molecular weight is 254 g/mol. The Labute approximate surface area is 110 Å². The summed E-state index contributed by atoms with van der Waals surface area (Å²) in [6.45, 7) is 6.49. The molecule has 2 fully saturated rings. The topological polar surface area (TPSA) is 41.6 Å². The van der Waals surface area contributed by atoms with Gasteiger partial charge in [-0.05, 0) is 31.6 Å². The summed E-state index contributed by atoms with van der Waals surface area (Å²) in [6.07, 6.45) is 4.48. The molecule has 1 aliphatic carbocycles. The van der Waals surface area contributed by atoms with Crippen molar-refractivity contribution in [3.05, 3.63) is 0 Å². The van der Waals surface area contributed by atoms with Crippen molar-refractivity contribution in [3.8, 4) is 0 Å². The van der Waals surface area contributed by atoms with Crippen molar-refractivity contribution in [3.63, 3.8) is 0 Å². The molecule has 104 valence electrons. The Balaban J connectivity index is 2.01. The van der Waals surface area contributed by atoms with Crippen LogP contribution in [0, 0.1) is 5.92 Å². The summed E-state index contributed by atoms with van der Waals surface area (Å²) in [6, 6.07) is 0.408. The van der Waals surface area contributed by atoms with E-state index in [0.717, 1.165) is 25.7 Å². The zero-order chi connectivity index (χ0) is 13.3. The maximum atomic E-state index is 12.4. The van der Waals surface area contributed by atoms with Gasteiger partial charge in [-0.1, -0.05) is 20.8 Å². The standard InChI is InChI=1S/C14H26N2O2/c1-5-12-14(17)16(10-7-11(8-10)18-4)13(15-12)6-9(2)3/h9-13,15H,5-8H2,1-4H3. The van der Waals surface area contributed by atoms with Gasteiger partial charge in [-0.25, -0.2) is 0 Å². The number of ether oxygens (including phenoxy) is 1. The van der Waals surface area contributed by atoms with Crippen LogP contribution in [0.2, 0.25) is 0 Å². The van der Waals surface area contributed by atoms with Crippen LogP contribution in [0.15, 0.2) is 0 Å². The smallest absolute Gasteiger partial charge is 0.241 e. The molecule has 1 aliphatic heterocycles. The lowest BCUT2D eigenvalue weighted by molar-refractivity contribution is -0.137. The van der Waals surface area contributed by atoms with Crippen molar-refractivity contribution in [2.75, 3.05) is 7.11 Å². The van der Waals surface area contributed by atoms with Crippen LogP contribution >= 0.6 is 0 Å². The molecule has 0 radical (unpaired) electrons. The molecule has 4 nitrogen and oxygen atoms in total. The Bertz CT molecular complexity index is 300. The van der Waals surface area contributed by atoms with E-state index >= 15 is 0 Å². The molecular formula is C14H26N2O2. The Morgan fingerprint density at radius 2 is 2.11 bits per heavy atom. The summed E-state index contributed by atoms with van der Waals surface area (Å²) in [7, 11) is 1.76. The van der Waals surface area contributed by atoms with Crippen LogP contribution in [0.5, 0.6) is 0 Å². The molecule has 0 aromatic heterocycles. The van der Waals surface area contributed by atoms with E-state index in [0.29, 0.717) is 24.0 Å². The van der Waals surface area contributed by atoms with E-state index in [1.54, 1.807) is 7.11 Å². The lowest BCUT2D eigenvalue weighted by atomic mass is 9.87. The van der Waals surface area contributed by atoms with Gasteiger partial charge >= 0.3 is 0 Å². The molecular weight excluding hydrogens is 228 g/mol. The number of hydrogen-bond acceptors (Lipinski definition) is 3. The fourth-order valence-electron chi connectivity index (χ4n) is 3.03. The number of nitrogens with one attached hydrogen (secondary N) is 1. The number of rotatable bonds is 5. The molecule has 18 heavy (non-hydrogen) atoms. The average Bonchev–Trinajstić information content (AvgIpc) is 2.55. The number of nitrogens with zero attached hydrogens (tertiary/aromatic N) is 1. The lowest BCUT2D eigenvalue weighted by Gasteiger charge is -2.43. The van der Waals surface area contributed by atoms with E-state index < -0.39 is 0 Å². The van der Waals surface area contributed by atoms with Crippen molar-refractivity contribution in [2.24, 2.45) is 5.92 Å². The molecule has 1 amide bonds. The van der Waals surface area contributed by atoms with Crippen LogP contribution in [0.3, 0.4) is 0 Å². The monoisotopic (exact) mass is 254 g/mol. The summed E-state index contributed by atoms with van der Waals surface area (Å²) in [5, 5.41) is 3.49. The van der Waals surface area contributed by atoms with Crippen molar-refractivity contribution in [1.29, 1.82) is 0 Å². The first kappa shape index (κ1) is 13.8. The highest BCUT2D eigenvalue weighted by molar-refractivity contribution is 5.84. The van der Waals surface area contributed by atoms with Crippen LogP contribution in [-0.4, -0.2) is 42.3 Å². The highest BCUT2D eigenvalue weighted by Crippen LogP contribution is 2.33.